The summed E-state index contributed by atoms with van der Waals surface area (Å²) in [6, 6.07) is 13.1. The molecule has 2 aromatic rings. The quantitative estimate of drug-likeness (QED) is 0.364. The summed E-state index contributed by atoms with van der Waals surface area (Å²) in [4.78, 5) is 0. The average Bonchev–Trinajstić information content (AvgIpc) is 2.86. The third kappa shape index (κ3) is 6.35. The van der Waals surface area contributed by atoms with Crippen LogP contribution in [0.25, 0.3) is 6.08 Å². The van der Waals surface area contributed by atoms with Gasteiger partial charge in [-0.25, -0.2) is 0 Å². The zero-order chi connectivity index (χ0) is 25.5. The van der Waals surface area contributed by atoms with E-state index in [1.807, 2.05) is 12.1 Å². The second-order valence-electron chi connectivity index (χ2n) is 10.4. The minimum absolute atomic E-state index is 0.0910. The second kappa shape index (κ2) is 12.2. The SMILES string of the molecule is CCC(CC)(c1ccc(C=CC2(O)CCCCC2)c(C)c1)c1ccc(OCC(CO)CO)c(C)c1. The van der Waals surface area contributed by atoms with E-state index in [1.165, 1.54) is 23.1 Å². The lowest BCUT2D eigenvalue weighted by Gasteiger charge is -2.34. The molecule has 3 rings (SSSR count). The summed E-state index contributed by atoms with van der Waals surface area (Å²) in [5.41, 5.74) is 5.26. The van der Waals surface area contributed by atoms with Crippen molar-refractivity contribution in [2.45, 2.75) is 83.7 Å². The summed E-state index contributed by atoms with van der Waals surface area (Å²) in [6.45, 7) is 8.82. The molecule has 0 heterocycles. The molecular formula is C31H44O4. The lowest BCUT2D eigenvalue weighted by Crippen LogP contribution is -2.28. The maximum absolute atomic E-state index is 10.9. The largest absolute Gasteiger partial charge is 0.493 e. The van der Waals surface area contributed by atoms with Gasteiger partial charge in [-0.2, -0.15) is 0 Å². The van der Waals surface area contributed by atoms with Crippen LogP contribution in [-0.2, 0) is 5.41 Å². The first-order valence-corrected chi connectivity index (χ1v) is 13.3. The Kier molecular flexibility index (Phi) is 9.57. The topological polar surface area (TPSA) is 69.9 Å². The van der Waals surface area contributed by atoms with Gasteiger partial charge in [0.25, 0.3) is 0 Å². The van der Waals surface area contributed by atoms with Crippen LogP contribution in [0.2, 0.25) is 0 Å². The molecular weight excluding hydrogens is 436 g/mol. The van der Waals surface area contributed by atoms with Gasteiger partial charge >= 0.3 is 0 Å². The van der Waals surface area contributed by atoms with Crippen LogP contribution >= 0.6 is 0 Å². The molecule has 35 heavy (non-hydrogen) atoms. The molecule has 0 aliphatic heterocycles. The number of hydrogen-bond acceptors (Lipinski definition) is 4. The summed E-state index contributed by atoms with van der Waals surface area (Å²) in [5.74, 6) is 0.521. The molecule has 0 aromatic heterocycles. The fraction of sp³-hybridized carbons (Fsp3) is 0.548. The van der Waals surface area contributed by atoms with E-state index >= 15 is 0 Å². The fourth-order valence-electron chi connectivity index (χ4n) is 5.45. The van der Waals surface area contributed by atoms with Gasteiger partial charge in [-0.1, -0.05) is 75.6 Å². The number of rotatable bonds is 11. The number of hydrogen-bond donors (Lipinski definition) is 3. The lowest BCUT2D eigenvalue weighted by molar-refractivity contribution is 0.0521. The Morgan fingerprint density at radius 3 is 2.06 bits per heavy atom. The molecule has 0 spiro atoms. The minimum Gasteiger partial charge on any atom is -0.493 e. The molecule has 1 aliphatic carbocycles. The third-order valence-electron chi connectivity index (χ3n) is 8.04. The summed E-state index contributed by atoms with van der Waals surface area (Å²) < 4.78 is 5.89. The molecule has 1 aliphatic rings. The first-order valence-electron chi connectivity index (χ1n) is 13.3. The molecule has 0 unspecified atom stereocenters. The highest BCUT2D eigenvalue weighted by molar-refractivity contribution is 5.57. The number of benzene rings is 2. The van der Waals surface area contributed by atoms with E-state index in [9.17, 15) is 15.3 Å². The van der Waals surface area contributed by atoms with Crippen molar-refractivity contribution in [3.8, 4) is 5.75 Å². The predicted octanol–water partition coefficient (Wildman–Crippen LogP) is 6.10. The zero-order valence-corrected chi connectivity index (χ0v) is 22.0. The highest BCUT2D eigenvalue weighted by atomic mass is 16.5. The maximum Gasteiger partial charge on any atom is 0.122 e. The summed E-state index contributed by atoms with van der Waals surface area (Å²) in [5, 5.41) is 29.5. The van der Waals surface area contributed by atoms with Gasteiger partial charge in [0.1, 0.15) is 5.75 Å². The average molecular weight is 481 g/mol. The Labute approximate surface area is 211 Å². The number of ether oxygens (including phenoxy) is 1. The molecule has 1 fully saturated rings. The van der Waals surface area contributed by atoms with Gasteiger partial charge in [0.15, 0.2) is 0 Å². The Morgan fingerprint density at radius 1 is 0.914 bits per heavy atom. The number of aliphatic hydroxyl groups excluding tert-OH is 2. The molecule has 4 heteroatoms. The van der Waals surface area contributed by atoms with E-state index in [1.54, 1.807) is 0 Å². The Morgan fingerprint density at radius 2 is 1.51 bits per heavy atom. The van der Waals surface area contributed by atoms with Crippen molar-refractivity contribution in [1.82, 2.24) is 0 Å². The highest BCUT2D eigenvalue weighted by Gasteiger charge is 2.31. The molecule has 2 aromatic carbocycles. The van der Waals surface area contributed by atoms with Crippen molar-refractivity contribution in [3.05, 3.63) is 70.3 Å². The van der Waals surface area contributed by atoms with Crippen LogP contribution in [0, 0.1) is 19.8 Å². The summed E-state index contributed by atoms with van der Waals surface area (Å²) in [7, 11) is 0. The van der Waals surface area contributed by atoms with E-state index in [2.05, 4.69) is 64.1 Å². The third-order valence-corrected chi connectivity index (χ3v) is 8.04. The van der Waals surface area contributed by atoms with Gasteiger partial charge < -0.3 is 20.1 Å². The van der Waals surface area contributed by atoms with Crippen LogP contribution < -0.4 is 4.74 Å². The van der Waals surface area contributed by atoms with Gasteiger partial charge in [0.05, 0.1) is 25.4 Å². The zero-order valence-electron chi connectivity index (χ0n) is 22.0. The Balaban J connectivity index is 1.86. The second-order valence-corrected chi connectivity index (χ2v) is 10.4. The van der Waals surface area contributed by atoms with Gasteiger partial charge in [-0.15, -0.1) is 0 Å². The molecule has 0 radical (unpaired) electrons. The van der Waals surface area contributed by atoms with Gasteiger partial charge in [-0.3, -0.25) is 0 Å². The van der Waals surface area contributed by atoms with E-state index in [4.69, 9.17) is 4.74 Å². The normalized spacial score (nSPS) is 16.2. The lowest BCUT2D eigenvalue weighted by atomic mass is 9.70. The van der Waals surface area contributed by atoms with E-state index in [0.29, 0.717) is 6.61 Å². The highest BCUT2D eigenvalue weighted by Crippen LogP contribution is 2.41. The molecule has 0 atom stereocenters. The van der Waals surface area contributed by atoms with Crippen LogP contribution in [0.1, 0.15) is 86.6 Å². The van der Waals surface area contributed by atoms with E-state index in [0.717, 1.165) is 55.4 Å². The maximum atomic E-state index is 10.9. The molecule has 1 saturated carbocycles. The first-order chi connectivity index (χ1) is 16.8. The minimum atomic E-state index is -0.657. The van der Waals surface area contributed by atoms with Gasteiger partial charge in [0, 0.05) is 11.3 Å². The first kappa shape index (κ1) is 27.4. The smallest absolute Gasteiger partial charge is 0.122 e. The number of aliphatic hydroxyl groups is 3. The monoisotopic (exact) mass is 480 g/mol. The van der Waals surface area contributed by atoms with E-state index < -0.39 is 5.60 Å². The van der Waals surface area contributed by atoms with Crippen LogP contribution in [-0.4, -0.2) is 40.7 Å². The summed E-state index contributed by atoms with van der Waals surface area (Å²) >= 11 is 0. The van der Waals surface area contributed by atoms with Crippen LogP contribution in [0.5, 0.6) is 5.75 Å². The molecule has 0 amide bonds. The van der Waals surface area contributed by atoms with Crippen molar-refractivity contribution in [1.29, 1.82) is 0 Å². The van der Waals surface area contributed by atoms with Crippen molar-refractivity contribution >= 4 is 6.08 Å². The van der Waals surface area contributed by atoms with Crippen LogP contribution in [0.4, 0.5) is 0 Å². The fourth-order valence-corrected chi connectivity index (χ4v) is 5.45. The molecule has 4 nitrogen and oxygen atoms in total. The van der Waals surface area contributed by atoms with Crippen LogP contribution in [0.15, 0.2) is 42.5 Å². The standard InChI is InChI=1S/C31H44O4/c1-5-31(6-2,28-12-13-29(24(4)19-28)35-22-25(20-32)21-33)27-11-10-26(23(3)18-27)14-17-30(34)15-8-7-9-16-30/h10-14,17-19,25,32-34H,5-9,15-16,20-22H2,1-4H3. The van der Waals surface area contributed by atoms with E-state index in [-0.39, 0.29) is 24.5 Å². The Bertz CT molecular complexity index is 979. The van der Waals surface area contributed by atoms with Crippen LogP contribution in [0.3, 0.4) is 0 Å². The Hall–Kier alpha value is -2.14. The van der Waals surface area contributed by atoms with Crippen molar-refractivity contribution < 1.29 is 20.1 Å². The molecule has 0 saturated heterocycles. The molecule has 0 bridgehead atoms. The van der Waals surface area contributed by atoms with Crippen molar-refractivity contribution in [2.75, 3.05) is 19.8 Å². The molecule has 192 valence electrons. The van der Waals surface area contributed by atoms with Gasteiger partial charge in [0.2, 0.25) is 0 Å². The van der Waals surface area contributed by atoms with Crippen molar-refractivity contribution in [2.24, 2.45) is 5.92 Å². The van der Waals surface area contributed by atoms with Crippen molar-refractivity contribution in [3.63, 3.8) is 0 Å². The number of aryl methyl sites for hydroxylation is 2. The predicted molar refractivity (Wildman–Crippen MR) is 144 cm³/mol. The van der Waals surface area contributed by atoms with Gasteiger partial charge in [-0.05, 0) is 73.4 Å². The summed E-state index contributed by atoms with van der Waals surface area (Å²) in [6.07, 6.45) is 11.2. The molecule has 3 N–H and O–H groups in total.